The Labute approximate surface area is 196 Å². The lowest BCUT2D eigenvalue weighted by atomic mass is 9.99. The van der Waals surface area contributed by atoms with Crippen molar-refractivity contribution in [2.75, 3.05) is 16.8 Å². The number of hydrogen-bond acceptors (Lipinski definition) is 6. The van der Waals surface area contributed by atoms with Gasteiger partial charge in [0.1, 0.15) is 23.3 Å². The van der Waals surface area contributed by atoms with Gasteiger partial charge >= 0.3 is 0 Å². The normalized spacial score (nSPS) is 17.1. The summed E-state index contributed by atoms with van der Waals surface area (Å²) in [4.78, 5) is 38.9. The molecule has 4 rings (SSSR count). The molecule has 2 amide bonds. The second kappa shape index (κ2) is 9.66. The summed E-state index contributed by atoms with van der Waals surface area (Å²) in [7, 11) is 0. The Morgan fingerprint density at radius 1 is 1.12 bits per heavy atom. The monoisotopic (exact) mass is 460 g/mol. The Hall–Kier alpha value is -4.33. The van der Waals surface area contributed by atoms with Gasteiger partial charge in [0.2, 0.25) is 5.91 Å². The van der Waals surface area contributed by atoms with Crippen LogP contribution in [0, 0.1) is 0 Å². The molecule has 2 heterocycles. The summed E-state index contributed by atoms with van der Waals surface area (Å²) in [6.07, 6.45) is 2.26. The van der Waals surface area contributed by atoms with Crippen molar-refractivity contribution in [3.8, 4) is 5.75 Å². The molecule has 1 saturated heterocycles. The van der Waals surface area contributed by atoms with Crippen LogP contribution in [0.1, 0.15) is 37.6 Å². The summed E-state index contributed by atoms with van der Waals surface area (Å²) in [5, 5.41) is 13.8. The minimum absolute atomic E-state index is 0.0847. The number of nitrogens with zero attached hydrogens (tertiary/aromatic N) is 1. The van der Waals surface area contributed by atoms with Crippen molar-refractivity contribution < 1.29 is 28.6 Å². The molecule has 1 unspecified atom stereocenters. The van der Waals surface area contributed by atoms with Crippen molar-refractivity contribution >= 4 is 34.7 Å². The lowest BCUT2D eigenvalue weighted by molar-refractivity contribution is -0.132. The van der Waals surface area contributed by atoms with Crippen LogP contribution in [0.2, 0.25) is 0 Å². The van der Waals surface area contributed by atoms with Gasteiger partial charge in [-0.15, -0.1) is 0 Å². The molecule has 0 saturated carbocycles. The van der Waals surface area contributed by atoms with E-state index in [1.807, 2.05) is 6.92 Å². The summed E-state index contributed by atoms with van der Waals surface area (Å²) >= 11 is 0. The van der Waals surface area contributed by atoms with E-state index in [-0.39, 0.29) is 17.2 Å². The molecule has 0 radical (unpaired) electrons. The first-order valence-corrected chi connectivity index (χ1v) is 10.9. The minimum atomic E-state index is -0.971. The molecule has 174 valence electrons. The molecular weight excluding hydrogens is 436 g/mol. The minimum Gasteiger partial charge on any atom is -0.507 e. The molecule has 2 N–H and O–H groups in total. The topological polar surface area (TPSA) is 109 Å². The number of ether oxygens (including phenoxy) is 1. The third-order valence-corrected chi connectivity index (χ3v) is 5.30. The van der Waals surface area contributed by atoms with Crippen LogP contribution in [0.25, 0.3) is 5.76 Å². The van der Waals surface area contributed by atoms with Gasteiger partial charge in [0.05, 0.1) is 18.4 Å². The zero-order valence-corrected chi connectivity index (χ0v) is 18.8. The molecule has 2 aromatic carbocycles. The Morgan fingerprint density at radius 3 is 2.53 bits per heavy atom. The van der Waals surface area contributed by atoms with E-state index in [2.05, 4.69) is 5.32 Å². The summed E-state index contributed by atoms with van der Waals surface area (Å²) in [6.45, 7) is 3.89. The van der Waals surface area contributed by atoms with Crippen molar-refractivity contribution in [2.45, 2.75) is 26.3 Å². The van der Waals surface area contributed by atoms with Crippen molar-refractivity contribution in [3.63, 3.8) is 0 Å². The highest BCUT2D eigenvalue weighted by Gasteiger charge is 2.48. The van der Waals surface area contributed by atoms with Crippen molar-refractivity contribution in [1.29, 1.82) is 0 Å². The number of anilines is 2. The van der Waals surface area contributed by atoms with Crippen LogP contribution in [0.3, 0.4) is 0 Å². The van der Waals surface area contributed by atoms with Gasteiger partial charge < -0.3 is 19.6 Å². The number of hydrogen-bond donors (Lipinski definition) is 2. The van der Waals surface area contributed by atoms with Gasteiger partial charge in [-0.3, -0.25) is 19.3 Å². The number of benzene rings is 2. The first-order chi connectivity index (χ1) is 16.4. The Balaban J connectivity index is 1.80. The summed E-state index contributed by atoms with van der Waals surface area (Å²) in [5.41, 5.74) is 1.23. The highest BCUT2D eigenvalue weighted by atomic mass is 16.5. The first-order valence-electron chi connectivity index (χ1n) is 10.9. The van der Waals surface area contributed by atoms with Crippen molar-refractivity contribution in [1.82, 2.24) is 0 Å². The van der Waals surface area contributed by atoms with Gasteiger partial charge in [0, 0.05) is 23.9 Å². The third kappa shape index (κ3) is 4.43. The molecular formula is C26H24N2O6. The molecule has 0 bridgehead atoms. The van der Waals surface area contributed by atoms with Crippen LogP contribution in [0.5, 0.6) is 5.75 Å². The fourth-order valence-corrected chi connectivity index (χ4v) is 3.83. The van der Waals surface area contributed by atoms with E-state index < -0.39 is 17.7 Å². The van der Waals surface area contributed by atoms with Gasteiger partial charge in [-0.2, -0.15) is 0 Å². The zero-order valence-electron chi connectivity index (χ0n) is 18.8. The molecule has 0 spiro atoms. The molecule has 1 fully saturated rings. The molecule has 8 nitrogen and oxygen atoms in total. The van der Waals surface area contributed by atoms with Gasteiger partial charge in [-0.25, -0.2) is 0 Å². The van der Waals surface area contributed by atoms with E-state index in [9.17, 15) is 19.5 Å². The van der Waals surface area contributed by atoms with Crippen LogP contribution in [0.4, 0.5) is 11.4 Å². The van der Waals surface area contributed by atoms with Crippen LogP contribution >= 0.6 is 0 Å². The maximum Gasteiger partial charge on any atom is 0.300 e. The fourth-order valence-electron chi connectivity index (χ4n) is 3.83. The zero-order chi connectivity index (χ0) is 24.2. The number of carbonyl (C=O) groups excluding carboxylic acids is 3. The molecule has 1 aliphatic rings. The number of aliphatic hydroxyl groups excluding tert-OH is 1. The molecule has 34 heavy (non-hydrogen) atoms. The predicted molar refractivity (Wildman–Crippen MR) is 126 cm³/mol. The van der Waals surface area contributed by atoms with Gasteiger partial charge in [-0.1, -0.05) is 19.1 Å². The van der Waals surface area contributed by atoms with Gasteiger partial charge in [-0.05, 0) is 55.0 Å². The highest BCUT2D eigenvalue weighted by Crippen LogP contribution is 2.42. The number of rotatable bonds is 7. The van der Waals surface area contributed by atoms with E-state index >= 15 is 0 Å². The van der Waals surface area contributed by atoms with E-state index in [1.165, 1.54) is 18.1 Å². The molecule has 1 aliphatic heterocycles. The molecule has 8 heteroatoms. The fraction of sp³-hybridized carbons (Fsp3) is 0.192. The number of furan rings is 1. The number of aliphatic hydroxyl groups is 1. The summed E-state index contributed by atoms with van der Waals surface area (Å²) in [6, 6.07) is 15.5. The standard InChI is InChI=1S/C26H24N2O6/c1-3-13-33-20-7-4-6-17(15-20)24(30)22-23(21-8-5-14-34-21)28(26(32)25(22)31)19-11-9-18(10-12-19)27-16(2)29/h4-12,14-15,23,30H,3,13H2,1-2H3,(H,27,29)/b24-22-. The van der Waals surface area contributed by atoms with E-state index in [4.69, 9.17) is 9.15 Å². The van der Waals surface area contributed by atoms with E-state index in [0.717, 1.165) is 6.42 Å². The lowest BCUT2D eigenvalue weighted by Gasteiger charge is -2.23. The number of nitrogens with one attached hydrogen (secondary N) is 1. The van der Waals surface area contributed by atoms with Crippen LogP contribution < -0.4 is 15.0 Å². The number of amides is 2. The Morgan fingerprint density at radius 2 is 1.88 bits per heavy atom. The maximum atomic E-state index is 13.1. The second-order valence-corrected chi connectivity index (χ2v) is 7.79. The predicted octanol–water partition coefficient (Wildman–Crippen LogP) is 4.65. The molecule has 1 atom stereocenters. The second-order valence-electron chi connectivity index (χ2n) is 7.79. The lowest BCUT2D eigenvalue weighted by Crippen LogP contribution is -2.29. The van der Waals surface area contributed by atoms with Crippen LogP contribution in [-0.4, -0.2) is 29.3 Å². The Kier molecular flexibility index (Phi) is 6.49. The summed E-state index contributed by atoms with van der Waals surface area (Å²) < 4.78 is 11.2. The first kappa shape index (κ1) is 22.8. The molecule has 1 aromatic heterocycles. The van der Waals surface area contributed by atoms with Crippen LogP contribution in [0.15, 0.2) is 76.9 Å². The SMILES string of the molecule is CCCOc1cccc(/C(O)=C2/C(=O)C(=O)N(c3ccc(NC(C)=O)cc3)C2c2ccco2)c1. The number of carbonyl (C=O) groups is 3. The van der Waals surface area contributed by atoms with Gasteiger partial charge in [0.15, 0.2) is 0 Å². The average Bonchev–Trinajstić information content (AvgIpc) is 3.45. The molecule has 3 aromatic rings. The van der Waals surface area contributed by atoms with Crippen molar-refractivity contribution in [3.05, 3.63) is 83.8 Å². The largest absolute Gasteiger partial charge is 0.507 e. The molecule has 0 aliphatic carbocycles. The summed E-state index contributed by atoms with van der Waals surface area (Å²) in [5.74, 6) is -1.31. The highest BCUT2D eigenvalue weighted by molar-refractivity contribution is 6.51. The van der Waals surface area contributed by atoms with E-state index in [0.29, 0.717) is 35.1 Å². The van der Waals surface area contributed by atoms with Crippen molar-refractivity contribution in [2.24, 2.45) is 0 Å². The van der Waals surface area contributed by atoms with Gasteiger partial charge in [0.25, 0.3) is 11.7 Å². The van der Waals surface area contributed by atoms with Crippen LogP contribution in [-0.2, 0) is 14.4 Å². The number of Topliss-reactive ketones (excluding diaryl/α,β-unsaturated/α-hetero) is 1. The quantitative estimate of drug-likeness (QED) is 0.302. The van der Waals surface area contributed by atoms with E-state index in [1.54, 1.807) is 60.7 Å². The smallest absolute Gasteiger partial charge is 0.300 e. The number of ketones is 1. The Bertz CT molecular complexity index is 1240. The average molecular weight is 460 g/mol. The third-order valence-electron chi connectivity index (χ3n) is 5.30. The maximum absolute atomic E-state index is 13.1.